The van der Waals surface area contributed by atoms with Crippen molar-refractivity contribution in [2.75, 3.05) is 25.0 Å². The summed E-state index contributed by atoms with van der Waals surface area (Å²) >= 11 is 12.5. The first-order valence-corrected chi connectivity index (χ1v) is 12.0. The molecule has 0 aromatic heterocycles. The van der Waals surface area contributed by atoms with Crippen molar-refractivity contribution >= 4 is 40.7 Å². The Hall–Kier alpha value is -2.24. The third kappa shape index (κ3) is 5.05. The van der Waals surface area contributed by atoms with Gasteiger partial charge in [0, 0.05) is 28.8 Å². The molecule has 5 nitrogen and oxygen atoms in total. The van der Waals surface area contributed by atoms with Gasteiger partial charge < -0.3 is 15.0 Å². The zero-order valence-electron chi connectivity index (χ0n) is 18.0. The summed E-state index contributed by atoms with van der Waals surface area (Å²) < 4.78 is 5.66. The highest BCUT2D eigenvalue weighted by molar-refractivity contribution is 6.35. The largest absolute Gasteiger partial charge is 0.484 e. The van der Waals surface area contributed by atoms with Gasteiger partial charge in [-0.1, -0.05) is 42.1 Å². The van der Waals surface area contributed by atoms with E-state index in [9.17, 15) is 9.59 Å². The van der Waals surface area contributed by atoms with Gasteiger partial charge in [0.2, 0.25) is 5.91 Å². The monoisotopic (exact) mass is 474 g/mol. The van der Waals surface area contributed by atoms with Gasteiger partial charge in [-0.15, -0.1) is 0 Å². The summed E-state index contributed by atoms with van der Waals surface area (Å²) in [6.07, 6.45) is 6.75. The van der Waals surface area contributed by atoms with E-state index < -0.39 is 5.41 Å². The van der Waals surface area contributed by atoms with Gasteiger partial charge in [0.1, 0.15) is 5.75 Å². The van der Waals surface area contributed by atoms with E-state index in [4.69, 9.17) is 27.9 Å². The number of hydrogen-bond donors (Lipinski definition) is 1. The average molecular weight is 475 g/mol. The maximum absolute atomic E-state index is 13.4. The van der Waals surface area contributed by atoms with Crippen LogP contribution in [-0.2, 0) is 15.0 Å². The van der Waals surface area contributed by atoms with Crippen LogP contribution in [0.15, 0.2) is 42.5 Å². The van der Waals surface area contributed by atoms with Crippen molar-refractivity contribution in [2.24, 2.45) is 0 Å². The van der Waals surface area contributed by atoms with E-state index in [2.05, 4.69) is 5.32 Å². The van der Waals surface area contributed by atoms with E-state index in [0.29, 0.717) is 21.5 Å². The molecular weight excluding hydrogens is 447 g/mol. The van der Waals surface area contributed by atoms with Crippen molar-refractivity contribution in [3.8, 4) is 5.75 Å². The fourth-order valence-corrected chi connectivity index (χ4v) is 5.33. The van der Waals surface area contributed by atoms with Crippen molar-refractivity contribution in [3.05, 3.63) is 58.1 Å². The first-order valence-electron chi connectivity index (χ1n) is 11.3. The maximum atomic E-state index is 13.4. The standard InChI is InChI=1S/C25H28Cl2N2O3/c26-18-6-11-21(22(27)16-18)25(12-2-3-13-25)24(31)28-19-7-9-20(10-8-19)32-17-23(30)29-14-4-1-5-15-29/h6-11,16H,1-5,12-15,17H2,(H,28,31). The van der Waals surface area contributed by atoms with E-state index in [0.717, 1.165) is 57.2 Å². The number of hydrogen-bond acceptors (Lipinski definition) is 3. The van der Waals surface area contributed by atoms with Crippen LogP contribution in [-0.4, -0.2) is 36.4 Å². The minimum absolute atomic E-state index is 0.0186. The molecule has 2 aromatic carbocycles. The highest BCUT2D eigenvalue weighted by atomic mass is 35.5. The lowest BCUT2D eigenvalue weighted by atomic mass is 9.78. The molecule has 1 saturated carbocycles. The first kappa shape index (κ1) is 22.9. The van der Waals surface area contributed by atoms with E-state index >= 15 is 0 Å². The molecule has 2 amide bonds. The SMILES string of the molecule is O=C(COc1ccc(NC(=O)C2(c3ccc(Cl)cc3Cl)CCCC2)cc1)N1CCCCC1. The number of nitrogens with zero attached hydrogens (tertiary/aromatic N) is 1. The molecule has 0 radical (unpaired) electrons. The van der Waals surface area contributed by atoms with Gasteiger partial charge in [-0.25, -0.2) is 0 Å². The number of halogens is 2. The zero-order chi connectivity index (χ0) is 22.6. The molecule has 1 aliphatic heterocycles. The molecule has 2 aromatic rings. The van der Waals surface area contributed by atoms with Crippen LogP contribution in [0.1, 0.15) is 50.5 Å². The lowest BCUT2D eigenvalue weighted by Gasteiger charge is -2.29. The molecule has 7 heteroatoms. The Kier molecular flexibility index (Phi) is 7.27. The number of piperidine rings is 1. The smallest absolute Gasteiger partial charge is 0.260 e. The summed E-state index contributed by atoms with van der Waals surface area (Å²) in [6.45, 7) is 1.66. The summed E-state index contributed by atoms with van der Waals surface area (Å²) in [5, 5.41) is 4.13. The van der Waals surface area contributed by atoms with Crippen molar-refractivity contribution in [1.29, 1.82) is 0 Å². The van der Waals surface area contributed by atoms with Gasteiger partial charge >= 0.3 is 0 Å². The van der Waals surface area contributed by atoms with Gasteiger partial charge in [-0.05, 0) is 74.1 Å². The molecule has 2 fully saturated rings. The number of nitrogens with one attached hydrogen (secondary N) is 1. The molecule has 0 bridgehead atoms. The Bertz CT molecular complexity index is 966. The molecule has 170 valence electrons. The van der Waals surface area contributed by atoms with Crippen molar-refractivity contribution in [1.82, 2.24) is 4.90 Å². The highest BCUT2D eigenvalue weighted by Gasteiger charge is 2.44. The zero-order valence-corrected chi connectivity index (χ0v) is 19.6. The number of likely N-dealkylation sites (tertiary alicyclic amines) is 1. The normalized spacial score (nSPS) is 17.8. The Morgan fingerprint density at radius 1 is 0.938 bits per heavy atom. The third-order valence-corrected chi connectivity index (χ3v) is 7.07. The summed E-state index contributed by atoms with van der Waals surface area (Å²) in [7, 11) is 0. The second-order valence-electron chi connectivity index (χ2n) is 8.62. The van der Waals surface area contributed by atoms with Crippen LogP contribution in [0.2, 0.25) is 10.0 Å². The van der Waals surface area contributed by atoms with Crippen LogP contribution in [0.3, 0.4) is 0 Å². The summed E-state index contributed by atoms with van der Waals surface area (Å²) in [4.78, 5) is 27.5. The summed E-state index contributed by atoms with van der Waals surface area (Å²) in [6, 6.07) is 12.5. The number of anilines is 1. The van der Waals surface area contributed by atoms with Gasteiger partial charge in [-0.3, -0.25) is 9.59 Å². The van der Waals surface area contributed by atoms with E-state index in [-0.39, 0.29) is 18.4 Å². The Morgan fingerprint density at radius 2 is 1.62 bits per heavy atom. The van der Waals surface area contributed by atoms with Gasteiger partial charge in [0.05, 0.1) is 5.41 Å². The second kappa shape index (κ2) is 10.1. The molecule has 2 aliphatic rings. The molecule has 32 heavy (non-hydrogen) atoms. The van der Waals surface area contributed by atoms with Gasteiger partial charge in [-0.2, -0.15) is 0 Å². The van der Waals surface area contributed by atoms with Gasteiger partial charge in [0.15, 0.2) is 6.61 Å². The molecule has 0 spiro atoms. The quantitative estimate of drug-likeness (QED) is 0.572. The van der Waals surface area contributed by atoms with Crippen LogP contribution in [0.4, 0.5) is 5.69 Å². The molecule has 0 unspecified atom stereocenters. The molecular formula is C25H28Cl2N2O3. The van der Waals surface area contributed by atoms with Crippen LogP contribution < -0.4 is 10.1 Å². The summed E-state index contributed by atoms with van der Waals surface area (Å²) in [5.41, 5.74) is 0.855. The Labute approximate surface area is 199 Å². The topological polar surface area (TPSA) is 58.6 Å². The predicted octanol–water partition coefficient (Wildman–Crippen LogP) is 5.84. The maximum Gasteiger partial charge on any atom is 0.260 e. The molecule has 4 rings (SSSR count). The molecule has 1 heterocycles. The lowest BCUT2D eigenvalue weighted by molar-refractivity contribution is -0.134. The van der Waals surface area contributed by atoms with Crippen molar-refractivity contribution < 1.29 is 14.3 Å². The number of carbonyl (C=O) groups excluding carboxylic acids is 2. The molecule has 1 N–H and O–H groups in total. The minimum atomic E-state index is -0.655. The van der Waals surface area contributed by atoms with Crippen LogP contribution in [0.25, 0.3) is 0 Å². The fourth-order valence-electron chi connectivity index (χ4n) is 4.74. The average Bonchev–Trinajstić information content (AvgIpc) is 3.30. The lowest BCUT2D eigenvalue weighted by Crippen LogP contribution is -2.38. The van der Waals surface area contributed by atoms with E-state index in [1.165, 1.54) is 6.42 Å². The summed E-state index contributed by atoms with van der Waals surface area (Å²) in [5.74, 6) is 0.558. The number of ether oxygens (including phenoxy) is 1. The minimum Gasteiger partial charge on any atom is -0.484 e. The van der Waals surface area contributed by atoms with E-state index in [1.807, 2.05) is 11.0 Å². The van der Waals surface area contributed by atoms with Crippen LogP contribution >= 0.6 is 23.2 Å². The van der Waals surface area contributed by atoms with Crippen LogP contribution in [0.5, 0.6) is 5.75 Å². The van der Waals surface area contributed by atoms with E-state index in [1.54, 1.807) is 36.4 Å². The number of carbonyl (C=O) groups is 2. The third-order valence-electron chi connectivity index (χ3n) is 6.52. The number of rotatable bonds is 6. The molecule has 1 aliphatic carbocycles. The highest BCUT2D eigenvalue weighted by Crippen LogP contribution is 2.45. The Balaban J connectivity index is 1.39. The Morgan fingerprint density at radius 3 is 2.28 bits per heavy atom. The molecule has 1 saturated heterocycles. The second-order valence-corrected chi connectivity index (χ2v) is 9.47. The number of benzene rings is 2. The molecule has 0 atom stereocenters. The fraction of sp³-hybridized carbons (Fsp3) is 0.440. The number of amides is 2. The van der Waals surface area contributed by atoms with Crippen molar-refractivity contribution in [2.45, 2.75) is 50.4 Å². The predicted molar refractivity (Wildman–Crippen MR) is 128 cm³/mol. The first-order chi connectivity index (χ1) is 15.5. The van der Waals surface area contributed by atoms with Crippen LogP contribution in [0, 0.1) is 0 Å². The van der Waals surface area contributed by atoms with Crippen molar-refractivity contribution in [3.63, 3.8) is 0 Å². The van der Waals surface area contributed by atoms with Gasteiger partial charge in [0.25, 0.3) is 5.91 Å².